The first-order valence-corrected chi connectivity index (χ1v) is 5.23. The molecule has 0 aliphatic heterocycles. The molecule has 0 bridgehead atoms. The fraction of sp³-hybridized carbons (Fsp3) is 0.167. The van der Waals surface area contributed by atoms with E-state index in [0.29, 0.717) is 17.9 Å². The van der Waals surface area contributed by atoms with Crippen molar-refractivity contribution in [3.05, 3.63) is 47.3 Å². The van der Waals surface area contributed by atoms with Crippen LogP contribution in [0, 0.1) is 6.92 Å². The van der Waals surface area contributed by atoms with Gasteiger partial charge in [0, 0.05) is 18.3 Å². The van der Waals surface area contributed by atoms with Crippen LogP contribution in [0.5, 0.6) is 0 Å². The number of benzene rings is 1. The second-order valence-electron chi connectivity index (χ2n) is 3.65. The molecule has 0 atom stereocenters. The van der Waals surface area contributed by atoms with Crippen LogP contribution in [0.3, 0.4) is 0 Å². The van der Waals surface area contributed by atoms with Crippen LogP contribution in [0.25, 0.3) is 0 Å². The molecule has 0 fully saturated rings. The predicted octanol–water partition coefficient (Wildman–Crippen LogP) is 1.69. The Morgan fingerprint density at radius 1 is 1.47 bits per heavy atom. The first-order valence-electron chi connectivity index (χ1n) is 5.23. The molecule has 17 heavy (non-hydrogen) atoms. The minimum absolute atomic E-state index is 0.189. The van der Waals surface area contributed by atoms with E-state index in [1.165, 1.54) is 0 Å². The average Bonchev–Trinajstić information content (AvgIpc) is 2.77. The third kappa shape index (κ3) is 2.51. The molecule has 0 radical (unpaired) electrons. The van der Waals surface area contributed by atoms with Gasteiger partial charge in [-0.15, -0.1) is 0 Å². The minimum atomic E-state index is -0.327. The number of carbonyl (C=O) groups is 1. The van der Waals surface area contributed by atoms with Gasteiger partial charge in [0.25, 0.3) is 5.91 Å². The lowest BCUT2D eigenvalue weighted by molar-refractivity contribution is 0.0988. The van der Waals surface area contributed by atoms with Crippen LogP contribution in [-0.4, -0.2) is 11.1 Å². The summed E-state index contributed by atoms with van der Waals surface area (Å²) in [7, 11) is 0. The largest absolute Gasteiger partial charge is 0.351 e. The number of hydrogen-bond acceptors (Lipinski definition) is 4. The van der Waals surface area contributed by atoms with E-state index in [4.69, 9.17) is 10.3 Å². The standard InChI is InChI=1S/C12H13N3O2/c1-8-6-11(17-15-8)12(16)14-10-5-3-2-4-9(10)7-13/h2-6H,7,13H2,1H3,(H,14,16). The number of nitrogens with zero attached hydrogens (tertiary/aromatic N) is 1. The molecule has 5 heteroatoms. The van der Waals surface area contributed by atoms with Crippen molar-refractivity contribution in [1.29, 1.82) is 0 Å². The summed E-state index contributed by atoms with van der Waals surface area (Å²) < 4.78 is 4.88. The second-order valence-corrected chi connectivity index (χ2v) is 3.65. The molecule has 1 aromatic carbocycles. The summed E-state index contributed by atoms with van der Waals surface area (Å²) in [6.45, 7) is 2.12. The van der Waals surface area contributed by atoms with Crippen molar-refractivity contribution in [1.82, 2.24) is 5.16 Å². The van der Waals surface area contributed by atoms with Gasteiger partial charge in [-0.1, -0.05) is 23.4 Å². The Morgan fingerprint density at radius 3 is 2.88 bits per heavy atom. The maximum Gasteiger partial charge on any atom is 0.294 e. The van der Waals surface area contributed by atoms with Gasteiger partial charge >= 0.3 is 0 Å². The van der Waals surface area contributed by atoms with E-state index in [2.05, 4.69) is 10.5 Å². The van der Waals surface area contributed by atoms with E-state index in [1.807, 2.05) is 18.2 Å². The maximum atomic E-state index is 11.8. The van der Waals surface area contributed by atoms with Gasteiger partial charge in [0.1, 0.15) is 0 Å². The molecule has 0 unspecified atom stereocenters. The molecule has 2 aromatic rings. The topological polar surface area (TPSA) is 81.2 Å². The van der Waals surface area contributed by atoms with Crippen molar-refractivity contribution in [2.45, 2.75) is 13.5 Å². The molecule has 1 aromatic heterocycles. The molecule has 3 N–H and O–H groups in total. The summed E-state index contributed by atoms with van der Waals surface area (Å²) in [4.78, 5) is 11.8. The van der Waals surface area contributed by atoms with E-state index in [1.54, 1.807) is 19.1 Å². The van der Waals surface area contributed by atoms with Gasteiger partial charge in [0.15, 0.2) is 0 Å². The molecule has 1 amide bonds. The molecular formula is C12H13N3O2. The molecule has 2 rings (SSSR count). The van der Waals surface area contributed by atoms with Gasteiger partial charge in [-0.25, -0.2) is 0 Å². The van der Waals surface area contributed by atoms with Gasteiger partial charge < -0.3 is 15.6 Å². The number of para-hydroxylation sites is 1. The zero-order valence-electron chi connectivity index (χ0n) is 9.43. The van der Waals surface area contributed by atoms with Gasteiger partial charge in [-0.3, -0.25) is 4.79 Å². The highest BCUT2D eigenvalue weighted by Crippen LogP contribution is 2.15. The summed E-state index contributed by atoms with van der Waals surface area (Å²) in [5.74, 6) is -0.138. The van der Waals surface area contributed by atoms with Crippen molar-refractivity contribution in [2.75, 3.05) is 5.32 Å². The zero-order chi connectivity index (χ0) is 12.3. The SMILES string of the molecule is Cc1cc(C(=O)Nc2ccccc2CN)on1. The van der Waals surface area contributed by atoms with E-state index < -0.39 is 0 Å². The number of amides is 1. The second kappa shape index (κ2) is 4.80. The number of anilines is 1. The van der Waals surface area contributed by atoms with Gasteiger partial charge in [-0.2, -0.15) is 0 Å². The van der Waals surface area contributed by atoms with E-state index in [-0.39, 0.29) is 11.7 Å². The number of aromatic nitrogens is 1. The number of carbonyl (C=O) groups excluding carboxylic acids is 1. The Bertz CT molecular complexity index is 534. The fourth-order valence-electron chi connectivity index (χ4n) is 1.47. The molecular weight excluding hydrogens is 218 g/mol. The van der Waals surface area contributed by atoms with E-state index in [9.17, 15) is 4.79 Å². The number of aryl methyl sites for hydroxylation is 1. The maximum absolute atomic E-state index is 11.8. The van der Waals surface area contributed by atoms with E-state index >= 15 is 0 Å². The van der Waals surface area contributed by atoms with Gasteiger partial charge in [-0.05, 0) is 18.6 Å². The molecule has 88 valence electrons. The summed E-state index contributed by atoms with van der Waals surface area (Å²) >= 11 is 0. The smallest absolute Gasteiger partial charge is 0.294 e. The first-order chi connectivity index (χ1) is 8.20. The predicted molar refractivity (Wildman–Crippen MR) is 63.5 cm³/mol. The van der Waals surface area contributed by atoms with Gasteiger partial charge in [0.2, 0.25) is 5.76 Å². The highest BCUT2D eigenvalue weighted by atomic mass is 16.5. The Hall–Kier alpha value is -2.14. The minimum Gasteiger partial charge on any atom is -0.351 e. The Kier molecular flexibility index (Phi) is 3.20. The summed E-state index contributed by atoms with van der Waals surface area (Å²) in [6.07, 6.45) is 0. The molecule has 5 nitrogen and oxygen atoms in total. The number of rotatable bonds is 3. The Morgan fingerprint density at radius 2 is 2.24 bits per heavy atom. The van der Waals surface area contributed by atoms with E-state index in [0.717, 1.165) is 5.56 Å². The van der Waals surface area contributed by atoms with Crippen LogP contribution < -0.4 is 11.1 Å². The zero-order valence-corrected chi connectivity index (χ0v) is 9.43. The highest BCUT2D eigenvalue weighted by Gasteiger charge is 2.12. The lowest BCUT2D eigenvalue weighted by Crippen LogP contribution is -2.13. The van der Waals surface area contributed by atoms with Crippen LogP contribution in [0.4, 0.5) is 5.69 Å². The monoisotopic (exact) mass is 231 g/mol. The molecule has 0 saturated heterocycles. The normalized spacial score (nSPS) is 10.2. The van der Waals surface area contributed by atoms with Crippen molar-refractivity contribution in [3.8, 4) is 0 Å². The van der Waals surface area contributed by atoms with Crippen molar-refractivity contribution in [3.63, 3.8) is 0 Å². The van der Waals surface area contributed by atoms with Gasteiger partial charge in [0.05, 0.1) is 5.69 Å². The lowest BCUT2D eigenvalue weighted by atomic mass is 10.2. The highest BCUT2D eigenvalue weighted by molar-refractivity contribution is 6.02. The number of nitrogens with two attached hydrogens (primary N) is 1. The van der Waals surface area contributed by atoms with Crippen LogP contribution >= 0.6 is 0 Å². The van der Waals surface area contributed by atoms with Crippen LogP contribution in [0.2, 0.25) is 0 Å². The van der Waals surface area contributed by atoms with Crippen molar-refractivity contribution < 1.29 is 9.32 Å². The molecule has 0 spiro atoms. The summed E-state index contributed by atoms with van der Waals surface area (Å²) in [5, 5.41) is 6.40. The Balaban J connectivity index is 2.18. The van der Waals surface area contributed by atoms with Crippen molar-refractivity contribution in [2.24, 2.45) is 5.73 Å². The first kappa shape index (κ1) is 11.3. The van der Waals surface area contributed by atoms with Crippen LogP contribution in [0.1, 0.15) is 21.8 Å². The third-order valence-electron chi connectivity index (χ3n) is 2.34. The number of hydrogen-bond donors (Lipinski definition) is 2. The fourth-order valence-corrected chi connectivity index (χ4v) is 1.47. The molecule has 0 saturated carbocycles. The third-order valence-corrected chi connectivity index (χ3v) is 2.34. The average molecular weight is 231 g/mol. The summed E-state index contributed by atoms with van der Waals surface area (Å²) in [5.41, 5.74) is 7.81. The van der Waals surface area contributed by atoms with Crippen LogP contribution in [-0.2, 0) is 6.54 Å². The Labute approximate surface area is 98.6 Å². The van der Waals surface area contributed by atoms with Crippen molar-refractivity contribution >= 4 is 11.6 Å². The number of nitrogens with one attached hydrogen (secondary N) is 1. The van der Waals surface area contributed by atoms with Crippen LogP contribution in [0.15, 0.2) is 34.9 Å². The lowest BCUT2D eigenvalue weighted by Gasteiger charge is -2.07. The molecule has 1 heterocycles. The summed E-state index contributed by atoms with van der Waals surface area (Å²) in [6, 6.07) is 8.95. The molecule has 0 aliphatic rings. The molecule has 0 aliphatic carbocycles. The quantitative estimate of drug-likeness (QED) is 0.842.